The highest BCUT2D eigenvalue weighted by Crippen LogP contribution is 2.35. The number of carbonyl (C=O) groups excluding carboxylic acids is 1. The van der Waals surface area contributed by atoms with Crippen LogP contribution in [0.15, 0.2) is 24.3 Å². The summed E-state index contributed by atoms with van der Waals surface area (Å²) in [6.07, 6.45) is -1.09. The largest absolute Gasteiger partial charge is 0.479 e. The molecule has 1 aromatic carbocycles. The van der Waals surface area contributed by atoms with Gasteiger partial charge in [-0.2, -0.15) is 0 Å². The third-order valence-electron chi connectivity index (χ3n) is 3.12. The lowest BCUT2D eigenvalue weighted by atomic mass is 10.1. The van der Waals surface area contributed by atoms with E-state index in [0.29, 0.717) is 5.75 Å². The Balaban J connectivity index is 2.45. The summed E-state index contributed by atoms with van der Waals surface area (Å²) in [5.74, 6) is 0.573. The fraction of sp³-hybridized carbons (Fsp3) is 0.462. The fourth-order valence-corrected chi connectivity index (χ4v) is 1.95. The number of benzene rings is 1. The molecule has 17 heavy (non-hydrogen) atoms. The Morgan fingerprint density at radius 1 is 1.35 bits per heavy atom. The smallest absolute Gasteiger partial charge is 0.268 e. The van der Waals surface area contributed by atoms with E-state index in [1.807, 2.05) is 31.2 Å². The van der Waals surface area contributed by atoms with Gasteiger partial charge in [-0.15, -0.1) is 0 Å². The number of hydrogen-bond donors (Lipinski definition) is 1. The second kappa shape index (κ2) is 4.37. The summed E-state index contributed by atoms with van der Waals surface area (Å²) in [6, 6.07) is 7.12. The van der Waals surface area contributed by atoms with Gasteiger partial charge in [-0.3, -0.25) is 4.79 Å². The van der Waals surface area contributed by atoms with Crippen molar-refractivity contribution in [1.29, 1.82) is 0 Å². The van der Waals surface area contributed by atoms with Crippen molar-refractivity contribution in [1.82, 2.24) is 0 Å². The number of fused-ring (bicyclic) bond motifs is 1. The Morgan fingerprint density at radius 3 is 2.65 bits per heavy atom. The first kappa shape index (κ1) is 11.9. The van der Waals surface area contributed by atoms with Crippen molar-refractivity contribution >= 4 is 11.6 Å². The van der Waals surface area contributed by atoms with E-state index in [1.165, 1.54) is 0 Å². The average Bonchev–Trinajstić information content (AvgIpc) is 2.30. The van der Waals surface area contributed by atoms with Gasteiger partial charge in [0.1, 0.15) is 5.75 Å². The number of ether oxygens (including phenoxy) is 1. The monoisotopic (exact) mass is 235 g/mol. The van der Waals surface area contributed by atoms with E-state index in [0.717, 1.165) is 5.69 Å². The van der Waals surface area contributed by atoms with Crippen molar-refractivity contribution in [3.63, 3.8) is 0 Å². The number of hydrogen-bond acceptors (Lipinski definition) is 3. The van der Waals surface area contributed by atoms with Crippen molar-refractivity contribution in [3.05, 3.63) is 24.3 Å². The molecule has 4 heteroatoms. The molecule has 0 spiro atoms. The first-order chi connectivity index (χ1) is 8.02. The first-order valence-electron chi connectivity index (χ1n) is 5.79. The molecule has 4 nitrogen and oxygen atoms in total. The fourth-order valence-electron chi connectivity index (χ4n) is 1.95. The number of nitrogens with zero attached hydrogens (tertiary/aromatic N) is 1. The van der Waals surface area contributed by atoms with Gasteiger partial charge in [0.05, 0.1) is 17.8 Å². The molecule has 0 radical (unpaired) electrons. The molecule has 0 fully saturated rings. The molecule has 3 unspecified atom stereocenters. The number of amides is 1. The van der Waals surface area contributed by atoms with E-state index < -0.39 is 12.2 Å². The molecule has 1 aromatic rings. The van der Waals surface area contributed by atoms with E-state index >= 15 is 0 Å². The lowest BCUT2D eigenvalue weighted by Gasteiger charge is -2.37. The van der Waals surface area contributed by atoms with E-state index in [1.54, 1.807) is 18.7 Å². The molecular weight excluding hydrogens is 218 g/mol. The molecule has 0 aromatic heterocycles. The number of anilines is 1. The number of aliphatic hydroxyl groups is 1. The summed E-state index contributed by atoms with van der Waals surface area (Å²) in [7, 11) is 0. The Bertz CT molecular complexity index is 430. The summed E-state index contributed by atoms with van der Waals surface area (Å²) < 4.78 is 5.53. The Kier molecular flexibility index (Phi) is 3.07. The van der Waals surface area contributed by atoms with Crippen molar-refractivity contribution in [2.75, 3.05) is 4.90 Å². The van der Waals surface area contributed by atoms with Crippen LogP contribution in [0.1, 0.15) is 20.8 Å². The van der Waals surface area contributed by atoms with Crippen molar-refractivity contribution in [2.45, 2.75) is 39.0 Å². The summed E-state index contributed by atoms with van der Waals surface area (Å²) in [4.78, 5) is 13.7. The highest BCUT2D eigenvalue weighted by atomic mass is 16.5. The number of aliphatic hydroxyl groups excluding tert-OH is 1. The zero-order chi connectivity index (χ0) is 12.6. The van der Waals surface area contributed by atoms with Crippen LogP contribution in [0.25, 0.3) is 0 Å². The minimum absolute atomic E-state index is 0.114. The quantitative estimate of drug-likeness (QED) is 0.846. The molecule has 0 aliphatic carbocycles. The van der Waals surface area contributed by atoms with E-state index in [-0.39, 0.29) is 11.9 Å². The van der Waals surface area contributed by atoms with Crippen LogP contribution in [0.5, 0.6) is 5.75 Å². The van der Waals surface area contributed by atoms with Crippen molar-refractivity contribution < 1.29 is 14.6 Å². The Hall–Kier alpha value is -1.55. The number of carbonyl (C=O) groups is 1. The van der Waals surface area contributed by atoms with Crippen LogP contribution in [-0.4, -0.2) is 29.3 Å². The van der Waals surface area contributed by atoms with E-state index in [9.17, 15) is 9.90 Å². The van der Waals surface area contributed by atoms with Crippen LogP contribution in [0.4, 0.5) is 5.69 Å². The Morgan fingerprint density at radius 2 is 2.00 bits per heavy atom. The summed E-state index contributed by atoms with van der Waals surface area (Å²) in [5, 5.41) is 9.67. The van der Waals surface area contributed by atoms with Crippen molar-refractivity contribution in [2.24, 2.45) is 0 Å². The summed E-state index contributed by atoms with van der Waals surface area (Å²) >= 11 is 0. The van der Waals surface area contributed by atoms with Crippen LogP contribution in [0.3, 0.4) is 0 Å². The Labute approximate surface area is 101 Å². The van der Waals surface area contributed by atoms with Crippen LogP contribution < -0.4 is 9.64 Å². The first-order valence-corrected chi connectivity index (χ1v) is 5.79. The third-order valence-corrected chi connectivity index (χ3v) is 3.12. The minimum Gasteiger partial charge on any atom is -0.479 e. The van der Waals surface area contributed by atoms with E-state index in [2.05, 4.69) is 0 Å². The summed E-state index contributed by atoms with van der Waals surface area (Å²) in [5.41, 5.74) is 0.726. The van der Waals surface area contributed by atoms with Gasteiger partial charge in [0.2, 0.25) is 0 Å². The molecule has 1 amide bonds. The molecule has 1 aliphatic rings. The van der Waals surface area contributed by atoms with Gasteiger partial charge in [0.25, 0.3) is 5.91 Å². The molecule has 92 valence electrons. The predicted octanol–water partition coefficient (Wildman–Crippen LogP) is 1.57. The SMILES string of the molecule is CC1Oc2ccccc2N(C(C)C(C)O)C1=O. The van der Waals surface area contributed by atoms with Gasteiger partial charge in [-0.1, -0.05) is 12.1 Å². The molecule has 0 saturated carbocycles. The molecule has 3 atom stereocenters. The minimum atomic E-state index is -0.586. The van der Waals surface area contributed by atoms with Gasteiger partial charge >= 0.3 is 0 Å². The maximum Gasteiger partial charge on any atom is 0.268 e. The maximum absolute atomic E-state index is 12.1. The normalized spacial score (nSPS) is 22.7. The topological polar surface area (TPSA) is 49.8 Å². The lowest BCUT2D eigenvalue weighted by molar-refractivity contribution is -0.126. The van der Waals surface area contributed by atoms with Crippen LogP contribution >= 0.6 is 0 Å². The van der Waals surface area contributed by atoms with E-state index in [4.69, 9.17) is 4.74 Å². The second-order valence-corrected chi connectivity index (χ2v) is 4.42. The molecule has 0 saturated heterocycles. The predicted molar refractivity (Wildman–Crippen MR) is 65.2 cm³/mol. The zero-order valence-corrected chi connectivity index (χ0v) is 10.3. The maximum atomic E-state index is 12.1. The molecule has 1 heterocycles. The van der Waals surface area contributed by atoms with Gasteiger partial charge in [0, 0.05) is 0 Å². The highest BCUT2D eigenvalue weighted by molar-refractivity contribution is 6.00. The molecule has 1 N–H and O–H groups in total. The molecular formula is C13H17NO3. The zero-order valence-electron chi connectivity index (χ0n) is 10.3. The number of para-hydroxylation sites is 2. The molecule has 2 rings (SSSR count). The van der Waals surface area contributed by atoms with Gasteiger partial charge in [-0.25, -0.2) is 0 Å². The molecule has 0 bridgehead atoms. The van der Waals surface area contributed by atoms with Crippen LogP contribution in [-0.2, 0) is 4.79 Å². The van der Waals surface area contributed by atoms with Crippen molar-refractivity contribution in [3.8, 4) is 5.75 Å². The van der Waals surface area contributed by atoms with Crippen LogP contribution in [0.2, 0.25) is 0 Å². The number of rotatable bonds is 2. The standard InChI is InChI=1S/C13H17NO3/c1-8(9(2)15)14-11-6-4-5-7-12(11)17-10(3)13(14)16/h4-10,15H,1-3H3. The molecule has 1 aliphatic heterocycles. The van der Waals surface area contributed by atoms with Gasteiger partial charge < -0.3 is 14.7 Å². The van der Waals surface area contributed by atoms with Gasteiger partial charge in [-0.05, 0) is 32.9 Å². The highest BCUT2D eigenvalue weighted by Gasteiger charge is 2.35. The second-order valence-electron chi connectivity index (χ2n) is 4.42. The van der Waals surface area contributed by atoms with Crippen LogP contribution in [0, 0.1) is 0 Å². The van der Waals surface area contributed by atoms with Gasteiger partial charge in [0.15, 0.2) is 6.10 Å². The average molecular weight is 235 g/mol. The lowest BCUT2D eigenvalue weighted by Crippen LogP contribution is -2.52. The third kappa shape index (κ3) is 2.00. The summed E-state index contributed by atoms with van der Waals surface area (Å²) in [6.45, 7) is 5.23.